The van der Waals surface area contributed by atoms with E-state index in [2.05, 4.69) is 0 Å². The third-order valence-corrected chi connectivity index (χ3v) is 4.44. The lowest BCUT2D eigenvalue weighted by Crippen LogP contribution is -1.97. The number of hydrogen-bond acceptors (Lipinski definition) is 3. The lowest BCUT2D eigenvalue weighted by molar-refractivity contribution is 0.226. The molecule has 0 aromatic carbocycles. The van der Waals surface area contributed by atoms with E-state index in [0.29, 0.717) is 0 Å². The summed E-state index contributed by atoms with van der Waals surface area (Å²) in [6.45, 7) is 4.08. The topological polar surface area (TPSA) is 20.2 Å². The first-order valence-corrected chi connectivity index (χ1v) is 6.22. The summed E-state index contributed by atoms with van der Waals surface area (Å²) in [5, 5.41) is 14.2. The van der Waals surface area contributed by atoms with Gasteiger partial charge in [0.05, 0.1) is 0 Å². The molecule has 0 saturated heterocycles. The number of rotatable bonds is 2. The van der Waals surface area contributed by atoms with E-state index in [4.69, 9.17) is 0 Å². The van der Waals surface area contributed by atoms with E-state index in [1.54, 1.807) is 22.7 Å². The maximum Gasteiger partial charge on any atom is 0.123 e. The van der Waals surface area contributed by atoms with Crippen molar-refractivity contribution in [2.24, 2.45) is 0 Å². The van der Waals surface area contributed by atoms with Crippen molar-refractivity contribution in [2.45, 2.75) is 20.0 Å². The van der Waals surface area contributed by atoms with Crippen LogP contribution in [0.5, 0.6) is 0 Å². The Kier molecular flexibility index (Phi) is 2.72. The van der Waals surface area contributed by atoms with Crippen molar-refractivity contribution < 1.29 is 5.11 Å². The van der Waals surface area contributed by atoms with Crippen LogP contribution in [0.4, 0.5) is 0 Å². The van der Waals surface area contributed by atoms with Crippen LogP contribution in [0.15, 0.2) is 22.9 Å². The highest BCUT2D eigenvalue weighted by molar-refractivity contribution is 7.11. The van der Waals surface area contributed by atoms with Gasteiger partial charge in [-0.1, -0.05) is 0 Å². The molecular weight excluding hydrogens is 212 g/mol. The second kappa shape index (κ2) is 3.85. The summed E-state index contributed by atoms with van der Waals surface area (Å²) in [6, 6.07) is 4.10. The second-order valence-electron chi connectivity index (χ2n) is 3.34. The summed E-state index contributed by atoms with van der Waals surface area (Å²) in [5.41, 5.74) is 2.35. The number of thiophene rings is 2. The number of aliphatic hydroxyl groups excluding tert-OH is 1. The lowest BCUT2D eigenvalue weighted by Gasteiger charge is -2.09. The van der Waals surface area contributed by atoms with E-state index in [1.165, 1.54) is 11.1 Å². The third kappa shape index (κ3) is 1.63. The molecule has 2 aromatic heterocycles. The molecule has 2 rings (SSSR count). The van der Waals surface area contributed by atoms with Crippen molar-refractivity contribution in [1.82, 2.24) is 0 Å². The molecule has 0 aliphatic heterocycles. The molecule has 0 radical (unpaired) electrons. The minimum absolute atomic E-state index is 0.435. The van der Waals surface area contributed by atoms with Gasteiger partial charge in [-0.05, 0) is 47.9 Å². The number of aryl methyl sites for hydroxylation is 2. The molecule has 0 aliphatic carbocycles. The van der Waals surface area contributed by atoms with Crippen LogP contribution < -0.4 is 0 Å². The predicted octanol–water partition coefficient (Wildman–Crippen LogP) is 3.51. The molecule has 2 aromatic rings. The maximum atomic E-state index is 10.2. The smallest absolute Gasteiger partial charge is 0.123 e. The molecule has 1 N–H and O–H groups in total. The molecule has 0 aliphatic rings. The standard InChI is InChI=1S/C11H12OS2/c1-7-3-5-13-10(7)9(12)11-8(2)4-6-14-11/h3-6,9,12H,1-2H3. The molecule has 0 fully saturated rings. The van der Waals surface area contributed by atoms with E-state index in [0.717, 1.165) is 9.75 Å². The zero-order valence-electron chi connectivity index (χ0n) is 8.15. The first kappa shape index (κ1) is 9.90. The molecule has 0 amide bonds. The maximum absolute atomic E-state index is 10.2. The molecule has 0 bridgehead atoms. The van der Waals surface area contributed by atoms with Crippen LogP contribution in [0.25, 0.3) is 0 Å². The van der Waals surface area contributed by atoms with Crippen LogP contribution in [0.3, 0.4) is 0 Å². The minimum atomic E-state index is -0.435. The Hall–Kier alpha value is -0.640. The van der Waals surface area contributed by atoms with Crippen LogP contribution in [0.1, 0.15) is 27.0 Å². The van der Waals surface area contributed by atoms with Gasteiger partial charge in [0.25, 0.3) is 0 Å². The highest BCUT2D eigenvalue weighted by atomic mass is 32.1. The van der Waals surface area contributed by atoms with Crippen LogP contribution in [0, 0.1) is 13.8 Å². The molecule has 2 heterocycles. The van der Waals surface area contributed by atoms with Gasteiger partial charge in [0.15, 0.2) is 0 Å². The van der Waals surface area contributed by atoms with Crippen LogP contribution in [0.2, 0.25) is 0 Å². The molecule has 74 valence electrons. The van der Waals surface area contributed by atoms with E-state index in [9.17, 15) is 5.11 Å². The molecular formula is C11H12OS2. The fraction of sp³-hybridized carbons (Fsp3) is 0.273. The van der Waals surface area contributed by atoms with Gasteiger partial charge in [-0.2, -0.15) is 0 Å². The summed E-state index contributed by atoms with van der Waals surface area (Å²) in [6.07, 6.45) is -0.435. The van der Waals surface area contributed by atoms with Gasteiger partial charge >= 0.3 is 0 Å². The van der Waals surface area contributed by atoms with Crippen molar-refractivity contribution in [3.8, 4) is 0 Å². The molecule has 1 nitrogen and oxygen atoms in total. The predicted molar refractivity (Wildman–Crippen MR) is 62.2 cm³/mol. The molecule has 0 saturated carbocycles. The summed E-state index contributed by atoms with van der Waals surface area (Å²) in [5.74, 6) is 0. The van der Waals surface area contributed by atoms with E-state index in [-0.39, 0.29) is 0 Å². The van der Waals surface area contributed by atoms with E-state index >= 15 is 0 Å². The molecule has 0 atom stereocenters. The van der Waals surface area contributed by atoms with Gasteiger partial charge in [0.2, 0.25) is 0 Å². The largest absolute Gasteiger partial charge is 0.382 e. The van der Waals surface area contributed by atoms with Gasteiger partial charge in [-0.15, -0.1) is 22.7 Å². The Morgan fingerprint density at radius 2 is 1.43 bits per heavy atom. The number of hydrogen-bond donors (Lipinski definition) is 1. The first-order chi connectivity index (χ1) is 6.70. The minimum Gasteiger partial charge on any atom is -0.382 e. The third-order valence-electron chi connectivity index (χ3n) is 2.30. The van der Waals surface area contributed by atoms with Crippen LogP contribution in [-0.2, 0) is 0 Å². The molecule has 14 heavy (non-hydrogen) atoms. The summed E-state index contributed by atoms with van der Waals surface area (Å²) in [4.78, 5) is 2.13. The summed E-state index contributed by atoms with van der Waals surface area (Å²) in [7, 11) is 0. The Morgan fingerprint density at radius 3 is 1.71 bits per heavy atom. The van der Waals surface area contributed by atoms with Gasteiger partial charge in [0, 0.05) is 9.75 Å². The Bertz CT molecular complexity index is 388. The Morgan fingerprint density at radius 1 is 1.00 bits per heavy atom. The molecule has 0 spiro atoms. The zero-order valence-corrected chi connectivity index (χ0v) is 9.78. The average molecular weight is 224 g/mol. The monoisotopic (exact) mass is 224 g/mol. The average Bonchev–Trinajstić information content (AvgIpc) is 2.73. The van der Waals surface area contributed by atoms with Crippen molar-refractivity contribution >= 4 is 22.7 Å². The normalized spacial score (nSPS) is 11.1. The Balaban J connectivity index is 2.38. The fourth-order valence-electron chi connectivity index (χ4n) is 1.45. The summed E-state index contributed by atoms with van der Waals surface area (Å²) < 4.78 is 0. The summed E-state index contributed by atoms with van der Waals surface area (Å²) >= 11 is 3.24. The zero-order chi connectivity index (χ0) is 10.1. The van der Waals surface area contributed by atoms with Crippen molar-refractivity contribution in [3.63, 3.8) is 0 Å². The van der Waals surface area contributed by atoms with Crippen molar-refractivity contribution in [3.05, 3.63) is 43.8 Å². The van der Waals surface area contributed by atoms with Crippen LogP contribution in [-0.4, -0.2) is 5.11 Å². The molecule has 0 unspecified atom stereocenters. The van der Waals surface area contributed by atoms with Gasteiger partial charge in [0.1, 0.15) is 6.10 Å². The van der Waals surface area contributed by atoms with Crippen molar-refractivity contribution in [2.75, 3.05) is 0 Å². The first-order valence-electron chi connectivity index (χ1n) is 4.46. The lowest BCUT2D eigenvalue weighted by atomic mass is 10.1. The van der Waals surface area contributed by atoms with E-state index < -0.39 is 6.10 Å². The van der Waals surface area contributed by atoms with Crippen molar-refractivity contribution in [1.29, 1.82) is 0 Å². The fourth-order valence-corrected chi connectivity index (χ4v) is 3.36. The number of aliphatic hydroxyl groups is 1. The van der Waals surface area contributed by atoms with Gasteiger partial charge < -0.3 is 5.11 Å². The highest BCUT2D eigenvalue weighted by Crippen LogP contribution is 2.33. The SMILES string of the molecule is Cc1ccsc1C(O)c1sccc1C. The molecule has 3 heteroatoms. The van der Waals surface area contributed by atoms with Gasteiger partial charge in [-0.3, -0.25) is 0 Å². The van der Waals surface area contributed by atoms with Crippen LogP contribution >= 0.6 is 22.7 Å². The second-order valence-corrected chi connectivity index (χ2v) is 5.23. The Labute approximate surface area is 91.7 Å². The van der Waals surface area contributed by atoms with Gasteiger partial charge in [-0.25, -0.2) is 0 Å². The highest BCUT2D eigenvalue weighted by Gasteiger charge is 2.16. The van der Waals surface area contributed by atoms with E-state index in [1.807, 2.05) is 36.7 Å². The quantitative estimate of drug-likeness (QED) is 0.827.